The van der Waals surface area contributed by atoms with Crippen LogP contribution in [-0.2, 0) is 6.54 Å². The van der Waals surface area contributed by atoms with Crippen molar-refractivity contribution in [3.05, 3.63) is 41.7 Å². The van der Waals surface area contributed by atoms with Gasteiger partial charge in [0.1, 0.15) is 17.4 Å². The van der Waals surface area contributed by atoms with Crippen LogP contribution in [0, 0.1) is 0 Å². The van der Waals surface area contributed by atoms with Gasteiger partial charge >= 0.3 is 0 Å². The second kappa shape index (κ2) is 8.94. The zero-order valence-corrected chi connectivity index (χ0v) is 19.5. The van der Waals surface area contributed by atoms with Crippen LogP contribution in [-0.4, -0.2) is 57.5 Å². The number of ether oxygens (including phenoxy) is 3. The standard InChI is InChI=1S/C25H31N5O3/c1-31-21-7-4-16(15-26)12-20(21)29-8-10-30(11-9-29)25-18-13-22(32-2)23(33-3)14-19(18)27-24(28-25)17-5-6-17/h4,7,12-14,17H,5-6,8-11,15,26H2,1-3H3. The van der Waals surface area contributed by atoms with Gasteiger partial charge < -0.3 is 29.7 Å². The van der Waals surface area contributed by atoms with Gasteiger partial charge in [0.05, 0.1) is 32.5 Å². The van der Waals surface area contributed by atoms with Crippen molar-refractivity contribution in [3.8, 4) is 17.2 Å². The highest BCUT2D eigenvalue weighted by Gasteiger charge is 2.30. The largest absolute Gasteiger partial charge is 0.495 e. The number of anilines is 2. The maximum atomic E-state index is 5.88. The van der Waals surface area contributed by atoms with Gasteiger partial charge in [0.2, 0.25) is 0 Å². The molecule has 5 rings (SSSR count). The quantitative estimate of drug-likeness (QED) is 0.588. The number of hydrogen-bond donors (Lipinski definition) is 1. The molecule has 1 aliphatic carbocycles. The smallest absolute Gasteiger partial charge is 0.162 e. The van der Waals surface area contributed by atoms with Crippen molar-refractivity contribution in [3.63, 3.8) is 0 Å². The third-order valence-corrected chi connectivity index (χ3v) is 6.54. The van der Waals surface area contributed by atoms with Gasteiger partial charge in [-0.1, -0.05) is 6.07 Å². The first kappa shape index (κ1) is 21.6. The van der Waals surface area contributed by atoms with Crippen LogP contribution in [0.25, 0.3) is 10.9 Å². The fraction of sp³-hybridized carbons (Fsp3) is 0.440. The molecule has 1 saturated heterocycles. The minimum atomic E-state index is 0.464. The van der Waals surface area contributed by atoms with Crippen LogP contribution in [0.2, 0.25) is 0 Å². The monoisotopic (exact) mass is 449 g/mol. The van der Waals surface area contributed by atoms with Crippen molar-refractivity contribution in [2.24, 2.45) is 5.73 Å². The first-order valence-corrected chi connectivity index (χ1v) is 11.5. The molecule has 1 saturated carbocycles. The van der Waals surface area contributed by atoms with Crippen molar-refractivity contribution in [1.29, 1.82) is 0 Å². The van der Waals surface area contributed by atoms with E-state index in [4.69, 9.17) is 29.9 Å². The van der Waals surface area contributed by atoms with Crippen molar-refractivity contribution in [1.82, 2.24) is 9.97 Å². The number of nitrogens with zero attached hydrogens (tertiary/aromatic N) is 4. The molecule has 8 heteroatoms. The molecule has 0 radical (unpaired) electrons. The summed E-state index contributed by atoms with van der Waals surface area (Å²) < 4.78 is 16.7. The Morgan fingerprint density at radius 3 is 2.15 bits per heavy atom. The van der Waals surface area contributed by atoms with Crippen LogP contribution in [0.1, 0.15) is 30.1 Å². The van der Waals surface area contributed by atoms with E-state index in [1.807, 2.05) is 24.3 Å². The number of aromatic nitrogens is 2. The molecular weight excluding hydrogens is 418 g/mol. The molecule has 2 aromatic carbocycles. The van der Waals surface area contributed by atoms with Crippen molar-refractivity contribution in [2.75, 3.05) is 57.3 Å². The van der Waals surface area contributed by atoms with Crippen LogP contribution in [0.15, 0.2) is 30.3 Å². The van der Waals surface area contributed by atoms with Gasteiger partial charge in [-0.25, -0.2) is 9.97 Å². The molecule has 1 aliphatic heterocycles. The Kier molecular flexibility index (Phi) is 5.85. The van der Waals surface area contributed by atoms with E-state index in [9.17, 15) is 0 Å². The Morgan fingerprint density at radius 2 is 1.52 bits per heavy atom. The number of rotatable bonds is 7. The Bertz CT molecular complexity index is 1160. The number of piperazine rings is 1. The highest BCUT2D eigenvalue weighted by molar-refractivity contribution is 5.92. The summed E-state index contributed by atoms with van der Waals surface area (Å²) in [5.41, 5.74) is 8.98. The predicted molar refractivity (Wildman–Crippen MR) is 130 cm³/mol. The summed E-state index contributed by atoms with van der Waals surface area (Å²) >= 11 is 0. The van der Waals surface area contributed by atoms with Crippen LogP contribution >= 0.6 is 0 Å². The van der Waals surface area contributed by atoms with Gasteiger partial charge in [-0.2, -0.15) is 0 Å². The fourth-order valence-corrected chi connectivity index (χ4v) is 4.49. The lowest BCUT2D eigenvalue weighted by atomic mass is 10.1. The van der Waals surface area contributed by atoms with E-state index in [1.165, 1.54) is 0 Å². The van der Waals surface area contributed by atoms with Gasteiger partial charge in [-0.05, 0) is 36.6 Å². The molecule has 0 bridgehead atoms. The molecule has 8 nitrogen and oxygen atoms in total. The van der Waals surface area contributed by atoms with E-state index in [0.717, 1.165) is 78.6 Å². The summed E-state index contributed by atoms with van der Waals surface area (Å²) in [5, 5.41) is 0.994. The average Bonchev–Trinajstić information content (AvgIpc) is 3.72. The molecule has 0 spiro atoms. The van der Waals surface area contributed by atoms with E-state index < -0.39 is 0 Å². The van der Waals surface area contributed by atoms with Gasteiger partial charge in [0.15, 0.2) is 11.5 Å². The molecule has 2 heterocycles. The molecule has 0 unspecified atom stereocenters. The SMILES string of the molecule is COc1cc2nc(C3CC3)nc(N3CCN(c4cc(CN)ccc4OC)CC3)c2cc1OC. The first-order chi connectivity index (χ1) is 16.1. The van der Waals surface area contributed by atoms with Crippen molar-refractivity contribution in [2.45, 2.75) is 25.3 Å². The molecule has 174 valence electrons. The molecule has 2 N–H and O–H groups in total. The number of benzene rings is 2. The molecule has 2 aliphatic rings. The third kappa shape index (κ3) is 4.11. The minimum Gasteiger partial charge on any atom is -0.495 e. The Labute approximate surface area is 194 Å². The number of nitrogens with two attached hydrogens (primary N) is 1. The van der Waals surface area contributed by atoms with Gasteiger partial charge in [0, 0.05) is 50.1 Å². The van der Waals surface area contributed by atoms with E-state index in [-0.39, 0.29) is 0 Å². The van der Waals surface area contributed by atoms with Crippen LogP contribution in [0.4, 0.5) is 11.5 Å². The predicted octanol–water partition coefficient (Wildman–Crippen LogP) is 3.32. The summed E-state index contributed by atoms with van der Waals surface area (Å²) in [6.07, 6.45) is 2.31. The molecule has 2 fully saturated rings. The van der Waals surface area contributed by atoms with Gasteiger partial charge in [0.25, 0.3) is 0 Å². The lowest BCUT2D eigenvalue weighted by Crippen LogP contribution is -2.47. The normalized spacial score (nSPS) is 16.2. The highest BCUT2D eigenvalue weighted by Crippen LogP contribution is 2.42. The first-order valence-electron chi connectivity index (χ1n) is 11.5. The number of hydrogen-bond acceptors (Lipinski definition) is 8. The Morgan fingerprint density at radius 1 is 0.848 bits per heavy atom. The van der Waals surface area contributed by atoms with Crippen molar-refractivity contribution >= 4 is 22.4 Å². The Balaban J connectivity index is 1.47. The molecule has 1 aromatic heterocycles. The zero-order valence-electron chi connectivity index (χ0n) is 19.5. The second-order valence-corrected chi connectivity index (χ2v) is 8.59. The molecular formula is C25H31N5O3. The third-order valence-electron chi connectivity index (χ3n) is 6.54. The van der Waals surface area contributed by atoms with Crippen LogP contribution in [0.5, 0.6) is 17.2 Å². The minimum absolute atomic E-state index is 0.464. The van der Waals surface area contributed by atoms with Crippen molar-refractivity contribution < 1.29 is 14.2 Å². The lowest BCUT2D eigenvalue weighted by molar-refractivity contribution is 0.355. The summed E-state index contributed by atoms with van der Waals surface area (Å²) in [6.45, 7) is 3.93. The van der Waals surface area contributed by atoms with E-state index in [0.29, 0.717) is 24.0 Å². The van der Waals surface area contributed by atoms with Gasteiger partial charge in [-0.3, -0.25) is 0 Å². The fourth-order valence-electron chi connectivity index (χ4n) is 4.49. The van der Waals surface area contributed by atoms with E-state index in [1.54, 1.807) is 21.3 Å². The molecule has 3 aromatic rings. The topological polar surface area (TPSA) is 86.0 Å². The summed E-state index contributed by atoms with van der Waals surface area (Å²) in [4.78, 5) is 14.6. The summed E-state index contributed by atoms with van der Waals surface area (Å²) in [6, 6.07) is 10.1. The van der Waals surface area contributed by atoms with E-state index in [2.05, 4.69) is 15.9 Å². The molecule has 0 amide bonds. The van der Waals surface area contributed by atoms with E-state index >= 15 is 0 Å². The highest BCUT2D eigenvalue weighted by atomic mass is 16.5. The summed E-state index contributed by atoms with van der Waals surface area (Å²) in [5.74, 6) is 4.63. The maximum Gasteiger partial charge on any atom is 0.162 e. The lowest BCUT2D eigenvalue weighted by Gasteiger charge is -2.37. The second-order valence-electron chi connectivity index (χ2n) is 8.59. The maximum absolute atomic E-state index is 5.88. The average molecular weight is 450 g/mol. The number of fused-ring (bicyclic) bond motifs is 1. The number of methoxy groups -OCH3 is 3. The summed E-state index contributed by atoms with van der Waals surface area (Å²) in [7, 11) is 5.02. The zero-order chi connectivity index (χ0) is 22.9. The van der Waals surface area contributed by atoms with Gasteiger partial charge in [-0.15, -0.1) is 0 Å². The Hall–Kier alpha value is -3.26. The van der Waals surface area contributed by atoms with Crippen LogP contribution < -0.4 is 29.7 Å². The molecule has 33 heavy (non-hydrogen) atoms. The molecule has 0 atom stereocenters. The van der Waals surface area contributed by atoms with Crippen LogP contribution in [0.3, 0.4) is 0 Å².